The summed E-state index contributed by atoms with van der Waals surface area (Å²) in [7, 11) is 1.48. The monoisotopic (exact) mass is 381 g/mol. The molecule has 2 aliphatic rings. The summed E-state index contributed by atoms with van der Waals surface area (Å²) in [6, 6.07) is 17.9. The highest BCUT2D eigenvalue weighted by Gasteiger charge is 2.50. The van der Waals surface area contributed by atoms with Crippen molar-refractivity contribution in [2.45, 2.75) is 50.1 Å². The van der Waals surface area contributed by atoms with Gasteiger partial charge in [-0.25, -0.2) is 4.39 Å². The van der Waals surface area contributed by atoms with Gasteiger partial charge in [0.15, 0.2) is 0 Å². The van der Waals surface area contributed by atoms with E-state index in [2.05, 4.69) is 29.2 Å². The van der Waals surface area contributed by atoms with Crippen molar-refractivity contribution < 1.29 is 13.9 Å². The fourth-order valence-corrected chi connectivity index (χ4v) is 5.28. The van der Waals surface area contributed by atoms with E-state index in [9.17, 15) is 9.18 Å². The molecule has 2 fully saturated rings. The van der Waals surface area contributed by atoms with Crippen LogP contribution in [0.4, 0.5) is 4.39 Å². The normalized spacial score (nSPS) is 26.9. The van der Waals surface area contributed by atoms with Crippen LogP contribution in [0.2, 0.25) is 0 Å². The third-order valence-corrected chi connectivity index (χ3v) is 6.56. The van der Waals surface area contributed by atoms with E-state index in [1.165, 1.54) is 24.8 Å². The first-order chi connectivity index (χ1) is 13.7. The van der Waals surface area contributed by atoms with Gasteiger partial charge in [0.25, 0.3) is 0 Å². The number of rotatable bonds is 6. The van der Waals surface area contributed by atoms with Crippen LogP contribution in [0.5, 0.6) is 0 Å². The Morgan fingerprint density at radius 2 is 1.86 bits per heavy atom. The molecule has 148 valence electrons. The molecule has 2 bridgehead atoms. The molecule has 2 aromatic carbocycles. The lowest BCUT2D eigenvalue weighted by Gasteiger charge is -2.43. The number of halogens is 1. The summed E-state index contributed by atoms with van der Waals surface area (Å²) >= 11 is 0. The summed E-state index contributed by atoms with van der Waals surface area (Å²) in [5.41, 5.74) is 2.41. The molecule has 0 amide bonds. The Morgan fingerprint density at radius 1 is 1.11 bits per heavy atom. The molecule has 2 saturated heterocycles. The van der Waals surface area contributed by atoms with Gasteiger partial charge >= 0.3 is 5.97 Å². The van der Waals surface area contributed by atoms with Gasteiger partial charge in [0.1, 0.15) is 5.82 Å². The molecule has 2 heterocycles. The second-order valence-electron chi connectivity index (χ2n) is 8.07. The van der Waals surface area contributed by atoms with Crippen molar-refractivity contribution in [1.82, 2.24) is 4.90 Å². The van der Waals surface area contributed by atoms with Crippen LogP contribution in [0, 0.1) is 11.7 Å². The number of carbonyl (C=O) groups is 1. The number of piperidine rings is 1. The molecule has 28 heavy (non-hydrogen) atoms. The number of hydrogen-bond donors (Lipinski definition) is 0. The standard InChI is InChI=1S/C24H28FNO2/c1-28-24(27)23-21(18-9-11-19(25)12-10-18)16-20-13-14-22(23)26(20)15-5-8-17-6-3-2-4-7-17/h2-4,6-7,9-12,20-23H,5,8,13-16H2,1H3/t20-,21+,22+,23-/m0/s1. The molecular formula is C24H28FNO2. The maximum absolute atomic E-state index is 13.4. The first-order valence-electron chi connectivity index (χ1n) is 10.3. The van der Waals surface area contributed by atoms with Gasteiger partial charge in [-0.3, -0.25) is 9.69 Å². The predicted octanol–water partition coefficient (Wildman–Crippen LogP) is 4.57. The van der Waals surface area contributed by atoms with Crippen LogP contribution in [-0.2, 0) is 16.0 Å². The molecule has 0 N–H and O–H groups in total. The maximum Gasteiger partial charge on any atom is 0.310 e. The van der Waals surface area contributed by atoms with Crippen LogP contribution in [0.3, 0.4) is 0 Å². The first kappa shape index (κ1) is 19.1. The predicted molar refractivity (Wildman–Crippen MR) is 108 cm³/mol. The summed E-state index contributed by atoms with van der Waals surface area (Å²) in [5, 5.41) is 0. The number of fused-ring (bicyclic) bond motifs is 2. The summed E-state index contributed by atoms with van der Waals surface area (Å²) in [5.74, 6) is -0.436. The lowest BCUT2D eigenvalue weighted by Crippen LogP contribution is -2.51. The quantitative estimate of drug-likeness (QED) is 0.687. The highest BCUT2D eigenvalue weighted by Crippen LogP contribution is 2.47. The molecule has 2 aliphatic heterocycles. The van der Waals surface area contributed by atoms with Crippen molar-refractivity contribution in [3.63, 3.8) is 0 Å². The van der Waals surface area contributed by atoms with Gasteiger partial charge in [0, 0.05) is 18.0 Å². The number of nitrogens with zero attached hydrogens (tertiary/aromatic N) is 1. The number of ether oxygens (including phenoxy) is 1. The molecule has 0 aliphatic carbocycles. The van der Waals surface area contributed by atoms with Crippen LogP contribution in [-0.4, -0.2) is 36.6 Å². The molecule has 4 heteroatoms. The minimum Gasteiger partial charge on any atom is -0.469 e. The van der Waals surface area contributed by atoms with E-state index >= 15 is 0 Å². The smallest absolute Gasteiger partial charge is 0.310 e. The van der Waals surface area contributed by atoms with Gasteiger partial charge in [-0.15, -0.1) is 0 Å². The van der Waals surface area contributed by atoms with E-state index in [0.29, 0.717) is 6.04 Å². The molecule has 0 spiro atoms. The zero-order chi connectivity index (χ0) is 19.5. The van der Waals surface area contributed by atoms with Crippen LogP contribution in [0.1, 0.15) is 42.7 Å². The van der Waals surface area contributed by atoms with E-state index in [-0.39, 0.29) is 29.7 Å². The number of carbonyl (C=O) groups excluding carboxylic acids is 1. The third kappa shape index (κ3) is 3.83. The van der Waals surface area contributed by atoms with E-state index < -0.39 is 0 Å². The largest absolute Gasteiger partial charge is 0.469 e. The van der Waals surface area contributed by atoms with Crippen molar-refractivity contribution in [3.05, 3.63) is 71.5 Å². The number of hydrogen-bond acceptors (Lipinski definition) is 3. The average molecular weight is 381 g/mol. The summed E-state index contributed by atoms with van der Waals surface area (Å²) < 4.78 is 18.6. The van der Waals surface area contributed by atoms with E-state index in [0.717, 1.165) is 44.2 Å². The number of methoxy groups -OCH3 is 1. The van der Waals surface area contributed by atoms with Crippen LogP contribution < -0.4 is 0 Å². The van der Waals surface area contributed by atoms with E-state index in [1.54, 1.807) is 0 Å². The second kappa shape index (κ2) is 8.44. The van der Waals surface area contributed by atoms with Crippen molar-refractivity contribution in [2.24, 2.45) is 5.92 Å². The lowest BCUT2D eigenvalue weighted by molar-refractivity contribution is -0.150. The SMILES string of the molecule is COC(=O)[C@H]1[C@@H](c2ccc(F)cc2)C[C@@H]2CC[C@H]1N2CCCc1ccccc1. The van der Waals surface area contributed by atoms with E-state index in [1.807, 2.05) is 18.2 Å². The Balaban J connectivity index is 1.49. The minimum atomic E-state index is -0.236. The molecule has 4 atom stereocenters. The van der Waals surface area contributed by atoms with Gasteiger partial charge in [0.05, 0.1) is 13.0 Å². The van der Waals surface area contributed by atoms with Gasteiger partial charge in [-0.1, -0.05) is 42.5 Å². The highest BCUT2D eigenvalue weighted by atomic mass is 19.1. The first-order valence-corrected chi connectivity index (χ1v) is 10.3. The number of benzene rings is 2. The maximum atomic E-state index is 13.4. The molecule has 0 aromatic heterocycles. The van der Waals surface area contributed by atoms with Gasteiger partial charge < -0.3 is 4.74 Å². The summed E-state index contributed by atoms with van der Waals surface area (Å²) in [4.78, 5) is 15.3. The number of aryl methyl sites for hydroxylation is 1. The summed E-state index contributed by atoms with van der Waals surface area (Å²) in [6.07, 6.45) is 5.25. The molecule has 0 saturated carbocycles. The Morgan fingerprint density at radius 3 is 2.57 bits per heavy atom. The summed E-state index contributed by atoms with van der Waals surface area (Å²) in [6.45, 7) is 1.01. The Bertz CT molecular complexity index is 792. The molecular weight excluding hydrogens is 353 g/mol. The van der Waals surface area contributed by atoms with Crippen LogP contribution in [0.15, 0.2) is 54.6 Å². The van der Waals surface area contributed by atoms with Gasteiger partial charge in [0.2, 0.25) is 0 Å². The van der Waals surface area contributed by atoms with Gasteiger partial charge in [-0.05, 0) is 61.9 Å². The van der Waals surface area contributed by atoms with Crippen molar-refractivity contribution in [3.8, 4) is 0 Å². The lowest BCUT2D eigenvalue weighted by atomic mass is 9.76. The van der Waals surface area contributed by atoms with Crippen molar-refractivity contribution in [2.75, 3.05) is 13.7 Å². The van der Waals surface area contributed by atoms with Gasteiger partial charge in [-0.2, -0.15) is 0 Å². The number of esters is 1. The van der Waals surface area contributed by atoms with Crippen LogP contribution in [0.25, 0.3) is 0 Å². The highest BCUT2D eigenvalue weighted by molar-refractivity contribution is 5.75. The topological polar surface area (TPSA) is 29.5 Å². The minimum absolute atomic E-state index is 0.107. The van der Waals surface area contributed by atoms with Crippen LogP contribution >= 0.6 is 0 Å². The Labute approximate surface area is 166 Å². The zero-order valence-electron chi connectivity index (χ0n) is 16.4. The zero-order valence-corrected chi connectivity index (χ0v) is 16.4. The molecule has 0 unspecified atom stereocenters. The third-order valence-electron chi connectivity index (χ3n) is 6.56. The molecule has 4 rings (SSSR count). The van der Waals surface area contributed by atoms with Crippen molar-refractivity contribution >= 4 is 5.97 Å². The Hall–Kier alpha value is -2.20. The fraction of sp³-hybridized carbons (Fsp3) is 0.458. The molecule has 0 radical (unpaired) electrons. The second-order valence-corrected chi connectivity index (χ2v) is 8.07. The van der Waals surface area contributed by atoms with E-state index in [4.69, 9.17) is 4.74 Å². The molecule has 2 aromatic rings. The molecule has 3 nitrogen and oxygen atoms in total. The van der Waals surface area contributed by atoms with Crippen molar-refractivity contribution in [1.29, 1.82) is 0 Å². The average Bonchev–Trinajstić information content (AvgIpc) is 3.00. The fourth-order valence-electron chi connectivity index (χ4n) is 5.28. The Kier molecular flexibility index (Phi) is 5.77.